The van der Waals surface area contributed by atoms with Gasteiger partial charge in [-0.05, 0) is 174 Å². The van der Waals surface area contributed by atoms with E-state index >= 15 is 0 Å². The summed E-state index contributed by atoms with van der Waals surface area (Å²) in [5, 5.41) is 7.91. The summed E-state index contributed by atoms with van der Waals surface area (Å²) < 4.78 is 0. The SMILES string of the molecule is CCC/C(=C\C=N)C1CC=CC(C2=CC=C3C(C)C4CCCC/C4=C(\C4CC5CCCCC5=C5CCCCC54)CN(C4C=CCC5C=CCCC54)C3C2)C1. The molecule has 11 atom stereocenters. The van der Waals surface area contributed by atoms with Crippen LogP contribution in [0.1, 0.15) is 149 Å². The van der Waals surface area contributed by atoms with E-state index in [0.717, 1.165) is 42.4 Å². The van der Waals surface area contributed by atoms with Crippen LogP contribution in [0, 0.1) is 58.7 Å². The largest absolute Gasteiger partial charge is 0.309 e. The molecule has 1 aliphatic heterocycles. The van der Waals surface area contributed by atoms with Crippen LogP contribution < -0.4 is 0 Å². The second-order valence-electron chi connectivity index (χ2n) is 19.5. The highest BCUT2D eigenvalue weighted by Gasteiger charge is 2.47. The van der Waals surface area contributed by atoms with Crippen LogP contribution in [0.4, 0.5) is 0 Å². The van der Waals surface area contributed by atoms with Crippen LogP contribution >= 0.6 is 0 Å². The Labute approximate surface area is 329 Å². The molecule has 2 nitrogen and oxygen atoms in total. The molecule has 54 heavy (non-hydrogen) atoms. The Morgan fingerprint density at radius 1 is 0.778 bits per heavy atom. The summed E-state index contributed by atoms with van der Waals surface area (Å²) in [6.45, 7) is 6.20. The maximum absolute atomic E-state index is 7.91. The smallest absolute Gasteiger partial charge is 0.0360 e. The molecule has 2 heteroatoms. The zero-order valence-corrected chi connectivity index (χ0v) is 34.1. The quantitative estimate of drug-likeness (QED) is 0.205. The van der Waals surface area contributed by atoms with Crippen LogP contribution in [0.15, 0.2) is 93.7 Å². The van der Waals surface area contributed by atoms with Crippen LogP contribution in [0.3, 0.4) is 0 Å². The number of nitrogens with zero attached hydrogens (tertiary/aromatic N) is 1. The molecular weight excluding hydrogens is 653 g/mol. The average molecular weight is 725 g/mol. The molecule has 290 valence electrons. The van der Waals surface area contributed by atoms with Crippen LogP contribution in [0.2, 0.25) is 0 Å². The van der Waals surface area contributed by atoms with Crippen molar-refractivity contribution in [2.24, 2.45) is 53.3 Å². The lowest BCUT2D eigenvalue weighted by Crippen LogP contribution is -2.54. The lowest BCUT2D eigenvalue weighted by molar-refractivity contribution is 0.0934. The molecule has 0 amide bonds. The normalized spacial score (nSPS) is 41.3. The van der Waals surface area contributed by atoms with Gasteiger partial charge in [0.15, 0.2) is 0 Å². The molecule has 0 spiro atoms. The molecule has 0 saturated heterocycles. The van der Waals surface area contributed by atoms with Gasteiger partial charge in [0.05, 0.1) is 0 Å². The zero-order valence-electron chi connectivity index (χ0n) is 34.1. The molecule has 1 heterocycles. The fraction of sp³-hybridized carbons (Fsp3) is 0.673. The van der Waals surface area contributed by atoms with E-state index < -0.39 is 0 Å². The summed E-state index contributed by atoms with van der Waals surface area (Å²) in [7, 11) is 0. The van der Waals surface area contributed by atoms with Crippen LogP contribution in [-0.2, 0) is 0 Å². The predicted molar refractivity (Wildman–Crippen MR) is 229 cm³/mol. The summed E-state index contributed by atoms with van der Waals surface area (Å²) in [4.78, 5) is 3.19. The molecule has 3 fully saturated rings. The number of hydrogen-bond donors (Lipinski definition) is 1. The van der Waals surface area contributed by atoms with Crippen molar-refractivity contribution >= 4 is 6.21 Å². The fourth-order valence-electron chi connectivity index (χ4n) is 14.3. The number of rotatable bonds is 7. The third-order valence-corrected chi connectivity index (χ3v) is 16.9. The minimum Gasteiger partial charge on any atom is -0.309 e. The van der Waals surface area contributed by atoms with E-state index in [1.165, 1.54) is 134 Å². The number of hydrogen-bond acceptors (Lipinski definition) is 2. The van der Waals surface area contributed by atoms with Gasteiger partial charge < -0.3 is 5.41 Å². The van der Waals surface area contributed by atoms with Crippen molar-refractivity contribution in [3.05, 3.63) is 93.7 Å². The van der Waals surface area contributed by atoms with Crippen LogP contribution in [0.5, 0.6) is 0 Å². The topological polar surface area (TPSA) is 27.1 Å². The first-order valence-electron chi connectivity index (χ1n) is 23.4. The van der Waals surface area contributed by atoms with Gasteiger partial charge >= 0.3 is 0 Å². The lowest BCUT2D eigenvalue weighted by atomic mass is 9.58. The van der Waals surface area contributed by atoms with Gasteiger partial charge in [0.1, 0.15) is 0 Å². The monoisotopic (exact) mass is 725 g/mol. The molecule has 3 saturated carbocycles. The summed E-state index contributed by atoms with van der Waals surface area (Å²) in [6, 6.07) is 1.02. The lowest BCUT2D eigenvalue weighted by Gasteiger charge is -2.53. The predicted octanol–water partition coefficient (Wildman–Crippen LogP) is 13.6. The summed E-state index contributed by atoms with van der Waals surface area (Å²) in [6.07, 6.45) is 52.8. The first-order chi connectivity index (χ1) is 26.6. The van der Waals surface area contributed by atoms with E-state index in [2.05, 4.69) is 73.4 Å². The average Bonchev–Trinajstić information content (AvgIpc) is 3.23. The number of allylic oxidation sites excluding steroid dienone is 12. The van der Waals surface area contributed by atoms with Crippen molar-refractivity contribution in [2.45, 2.75) is 161 Å². The molecule has 9 aliphatic rings. The Morgan fingerprint density at radius 3 is 2.39 bits per heavy atom. The highest BCUT2D eigenvalue weighted by atomic mass is 15.2. The molecular formula is C52H72N2. The van der Waals surface area contributed by atoms with Crippen LogP contribution in [-0.4, -0.2) is 29.7 Å². The molecule has 0 aromatic heterocycles. The highest BCUT2D eigenvalue weighted by Crippen LogP contribution is 2.56. The minimum absolute atomic E-state index is 0.494. The van der Waals surface area contributed by atoms with Crippen molar-refractivity contribution in [2.75, 3.05) is 6.54 Å². The molecule has 0 aromatic carbocycles. The number of nitrogens with one attached hydrogen (secondary N) is 1. The van der Waals surface area contributed by atoms with Crippen molar-refractivity contribution in [3.8, 4) is 0 Å². The van der Waals surface area contributed by atoms with Gasteiger partial charge in [-0.3, -0.25) is 4.90 Å². The second-order valence-corrected chi connectivity index (χ2v) is 19.5. The maximum Gasteiger partial charge on any atom is 0.0360 e. The molecule has 11 unspecified atom stereocenters. The third-order valence-electron chi connectivity index (χ3n) is 16.9. The summed E-state index contributed by atoms with van der Waals surface area (Å²) in [5.41, 5.74) is 12.9. The standard InChI is InChI=1S/C52H72N2/c1-3-14-36(29-30-53)38-18-12-19-39(31-38)40-27-28-43-35(2)42-20-8-9-23-46(42)50(49-32-41-16-5-6-21-44(41)47-24-10-11-25-48(47)49)34-54(52(43)33-40)51-26-13-17-37-15-4-7-22-45(37)51/h4,12-13,15,19,26-30,35,37-39,41-42,45,48-49,51-53H,3,5-11,14,16-18,20-25,31-34H2,1-2H3/b36-29+,50-46+,53-30?. The molecule has 1 N–H and O–H groups in total. The Balaban J connectivity index is 1.13. The Kier molecular flexibility index (Phi) is 11.4. The fourth-order valence-corrected chi connectivity index (χ4v) is 14.3. The van der Waals surface area contributed by atoms with E-state index in [-0.39, 0.29) is 0 Å². The van der Waals surface area contributed by atoms with Crippen molar-refractivity contribution in [1.29, 1.82) is 5.41 Å². The van der Waals surface area contributed by atoms with E-state index in [1.54, 1.807) is 17.4 Å². The first kappa shape index (κ1) is 37.1. The summed E-state index contributed by atoms with van der Waals surface area (Å²) >= 11 is 0. The molecule has 8 aliphatic carbocycles. The van der Waals surface area contributed by atoms with E-state index in [1.807, 2.05) is 22.3 Å². The molecule has 0 radical (unpaired) electrons. The minimum atomic E-state index is 0.494. The molecule has 0 aromatic rings. The second kappa shape index (κ2) is 16.6. The van der Waals surface area contributed by atoms with Gasteiger partial charge in [-0.15, -0.1) is 0 Å². The third kappa shape index (κ3) is 7.07. The Bertz CT molecular complexity index is 1660. The molecule has 9 rings (SSSR count). The van der Waals surface area contributed by atoms with Gasteiger partial charge in [-0.1, -0.05) is 122 Å². The van der Waals surface area contributed by atoms with Gasteiger partial charge in [0.2, 0.25) is 0 Å². The molecule has 0 bridgehead atoms. The van der Waals surface area contributed by atoms with Crippen molar-refractivity contribution in [1.82, 2.24) is 4.90 Å². The van der Waals surface area contributed by atoms with Crippen molar-refractivity contribution in [3.63, 3.8) is 0 Å². The Morgan fingerprint density at radius 2 is 1.56 bits per heavy atom. The van der Waals surface area contributed by atoms with Crippen LogP contribution in [0.25, 0.3) is 0 Å². The maximum atomic E-state index is 7.91. The van der Waals surface area contributed by atoms with Gasteiger partial charge in [0, 0.05) is 24.8 Å². The van der Waals surface area contributed by atoms with Gasteiger partial charge in [-0.2, -0.15) is 0 Å². The Hall–Kier alpha value is -2.45. The van der Waals surface area contributed by atoms with E-state index in [0.29, 0.717) is 35.8 Å². The zero-order chi connectivity index (χ0) is 36.6. The van der Waals surface area contributed by atoms with E-state index in [4.69, 9.17) is 5.41 Å². The van der Waals surface area contributed by atoms with Gasteiger partial charge in [0.25, 0.3) is 0 Å². The van der Waals surface area contributed by atoms with Gasteiger partial charge in [-0.25, -0.2) is 0 Å². The number of fused-ring (bicyclic) bond motifs is 5. The first-order valence-corrected chi connectivity index (χ1v) is 23.4. The summed E-state index contributed by atoms with van der Waals surface area (Å²) in [5.74, 6) is 6.34. The van der Waals surface area contributed by atoms with E-state index in [9.17, 15) is 0 Å². The highest BCUT2D eigenvalue weighted by molar-refractivity contribution is 5.69. The van der Waals surface area contributed by atoms with Crippen molar-refractivity contribution < 1.29 is 0 Å².